The number of hydrogen-bond donors (Lipinski definition) is 2. The number of carbonyl (C=O) groups is 1. The third-order valence-electron chi connectivity index (χ3n) is 1.35. The smallest absolute Gasteiger partial charge is 0.355 e. The number of alkyl halides is 2. The molecular weight excluding hydrogens is 266 g/mol. The van der Waals surface area contributed by atoms with E-state index in [1.165, 1.54) is 5.38 Å². The van der Waals surface area contributed by atoms with E-state index in [4.69, 9.17) is 5.11 Å². The lowest BCUT2D eigenvalue weighted by Crippen LogP contribution is -2.20. The van der Waals surface area contributed by atoms with Gasteiger partial charge in [-0.1, -0.05) is 0 Å². The van der Waals surface area contributed by atoms with Crippen molar-refractivity contribution in [2.75, 3.05) is 4.72 Å². The summed E-state index contributed by atoms with van der Waals surface area (Å²) < 4.78 is 46.9. The molecule has 6 nitrogen and oxygen atoms in total. The minimum Gasteiger partial charge on any atom is -0.481 e. The zero-order valence-corrected chi connectivity index (χ0v) is 9.19. The van der Waals surface area contributed by atoms with Crippen molar-refractivity contribution in [1.82, 2.24) is 4.98 Å². The van der Waals surface area contributed by atoms with Crippen LogP contribution in [0.15, 0.2) is 5.38 Å². The molecule has 0 aliphatic heterocycles. The number of hydrogen-bond acceptors (Lipinski definition) is 5. The lowest BCUT2D eigenvalue weighted by molar-refractivity contribution is -0.136. The van der Waals surface area contributed by atoms with E-state index < -0.39 is 28.2 Å². The highest BCUT2D eigenvalue weighted by molar-refractivity contribution is 7.93. The molecule has 0 aromatic carbocycles. The van der Waals surface area contributed by atoms with Crippen molar-refractivity contribution in [3.63, 3.8) is 0 Å². The van der Waals surface area contributed by atoms with Crippen LogP contribution in [0.25, 0.3) is 0 Å². The summed E-state index contributed by atoms with van der Waals surface area (Å²) in [4.78, 5) is 13.8. The molecule has 0 spiro atoms. The Bertz CT molecular complexity index is 484. The van der Waals surface area contributed by atoms with Crippen LogP contribution in [-0.4, -0.2) is 30.2 Å². The van der Waals surface area contributed by atoms with Gasteiger partial charge in [0.2, 0.25) is 0 Å². The van der Waals surface area contributed by atoms with Crippen molar-refractivity contribution in [3.8, 4) is 0 Å². The number of carboxylic acids is 1. The number of sulfonamides is 1. The lowest BCUT2D eigenvalue weighted by atomic mass is 10.3. The van der Waals surface area contributed by atoms with Gasteiger partial charge in [0.05, 0.1) is 12.1 Å². The maximum absolute atomic E-state index is 11.9. The Morgan fingerprint density at radius 3 is 2.75 bits per heavy atom. The summed E-state index contributed by atoms with van der Waals surface area (Å²) in [6, 6.07) is 0. The van der Waals surface area contributed by atoms with E-state index >= 15 is 0 Å². The summed E-state index contributed by atoms with van der Waals surface area (Å²) in [5.41, 5.74) is 0.101. The molecule has 0 saturated carbocycles. The van der Waals surface area contributed by atoms with Gasteiger partial charge in [0, 0.05) is 5.38 Å². The van der Waals surface area contributed by atoms with Gasteiger partial charge < -0.3 is 5.11 Å². The molecule has 2 N–H and O–H groups in total. The van der Waals surface area contributed by atoms with Gasteiger partial charge in [0.1, 0.15) is 0 Å². The van der Waals surface area contributed by atoms with E-state index in [1.54, 1.807) is 4.72 Å². The van der Waals surface area contributed by atoms with Gasteiger partial charge in [0.15, 0.2) is 5.13 Å². The standard InChI is InChI=1S/C6H6F2N2O4S2/c7-5(8)16(13,14)10-6-9-3(2-15-6)1-4(11)12/h2,5H,1H2,(H,9,10)(H,11,12). The third kappa shape index (κ3) is 3.38. The monoisotopic (exact) mass is 272 g/mol. The second kappa shape index (κ2) is 4.70. The quantitative estimate of drug-likeness (QED) is 0.823. The Hall–Kier alpha value is -1.29. The highest BCUT2D eigenvalue weighted by Gasteiger charge is 2.24. The van der Waals surface area contributed by atoms with Crippen LogP contribution in [0.2, 0.25) is 0 Å². The molecule has 0 fully saturated rings. The van der Waals surface area contributed by atoms with Crippen LogP contribution in [0.3, 0.4) is 0 Å². The fraction of sp³-hybridized carbons (Fsp3) is 0.333. The van der Waals surface area contributed by atoms with Gasteiger partial charge >= 0.3 is 11.7 Å². The molecule has 0 radical (unpaired) electrons. The number of anilines is 1. The number of carboxylic acid groups (broad SMARTS) is 1. The predicted molar refractivity (Wildman–Crippen MR) is 52.0 cm³/mol. The van der Waals surface area contributed by atoms with Crippen molar-refractivity contribution in [2.45, 2.75) is 12.2 Å². The first-order valence-corrected chi connectivity index (χ1v) is 6.20. The molecule has 1 heterocycles. The van der Waals surface area contributed by atoms with Crippen molar-refractivity contribution in [2.24, 2.45) is 0 Å². The van der Waals surface area contributed by atoms with Crippen LogP contribution in [0.1, 0.15) is 5.69 Å². The molecule has 0 amide bonds. The summed E-state index contributed by atoms with van der Waals surface area (Å²) in [6.45, 7) is 0. The molecule has 1 aromatic rings. The van der Waals surface area contributed by atoms with Crippen LogP contribution in [-0.2, 0) is 21.2 Å². The van der Waals surface area contributed by atoms with E-state index in [2.05, 4.69) is 4.98 Å². The number of nitrogens with zero attached hydrogens (tertiary/aromatic N) is 1. The Labute approximate surface area is 93.0 Å². The fourth-order valence-electron chi connectivity index (χ4n) is 0.756. The second-order valence-corrected chi connectivity index (χ2v) is 5.13. The van der Waals surface area contributed by atoms with E-state index in [9.17, 15) is 22.0 Å². The fourth-order valence-corrected chi connectivity index (χ4v) is 2.23. The number of rotatable bonds is 5. The molecule has 0 aliphatic carbocycles. The molecule has 0 unspecified atom stereocenters. The number of aliphatic carboxylic acids is 1. The van der Waals surface area contributed by atoms with Gasteiger partial charge in [-0.25, -0.2) is 13.4 Å². The number of aromatic nitrogens is 1. The van der Waals surface area contributed by atoms with Gasteiger partial charge in [-0.3, -0.25) is 9.52 Å². The molecule has 0 bridgehead atoms. The maximum atomic E-state index is 11.9. The first-order chi connectivity index (χ1) is 7.31. The normalized spacial score (nSPS) is 11.7. The average molecular weight is 272 g/mol. The van der Waals surface area contributed by atoms with E-state index in [0.717, 1.165) is 11.3 Å². The summed E-state index contributed by atoms with van der Waals surface area (Å²) in [5, 5.41) is 9.40. The van der Waals surface area contributed by atoms with E-state index in [0.29, 0.717) is 0 Å². The molecule has 1 rings (SSSR count). The summed E-state index contributed by atoms with van der Waals surface area (Å²) in [6.07, 6.45) is -0.396. The lowest BCUT2D eigenvalue weighted by Gasteiger charge is -2.01. The van der Waals surface area contributed by atoms with Crippen molar-refractivity contribution < 1.29 is 27.1 Å². The van der Waals surface area contributed by atoms with E-state index in [1.807, 2.05) is 0 Å². The van der Waals surface area contributed by atoms with Crippen LogP contribution in [0.5, 0.6) is 0 Å². The van der Waals surface area contributed by atoms with Crippen LogP contribution in [0, 0.1) is 0 Å². The molecule has 0 saturated heterocycles. The molecule has 10 heteroatoms. The molecule has 1 aromatic heterocycles. The first kappa shape index (κ1) is 12.8. The van der Waals surface area contributed by atoms with Gasteiger partial charge in [-0.2, -0.15) is 8.78 Å². The Morgan fingerprint density at radius 2 is 2.25 bits per heavy atom. The highest BCUT2D eigenvalue weighted by atomic mass is 32.2. The molecule has 0 atom stereocenters. The Balaban J connectivity index is 2.77. The number of nitrogens with one attached hydrogen (secondary N) is 1. The van der Waals surface area contributed by atoms with Crippen LogP contribution in [0.4, 0.5) is 13.9 Å². The minimum absolute atomic E-state index is 0.101. The topological polar surface area (TPSA) is 96.4 Å². The number of thiazole rings is 1. The van der Waals surface area contributed by atoms with Crippen molar-refractivity contribution in [1.29, 1.82) is 0 Å². The largest absolute Gasteiger partial charge is 0.481 e. The van der Waals surface area contributed by atoms with Crippen molar-refractivity contribution >= 4 is 32.5 Å². The van der Waals surface area contributed by atoms with Gasteiger partial charge in [-0.05, 0) is 0 Å². The molecular formula is C6H6F2N2O4S2. The summed E-state index contributed by atoms with van der Waals surface area (Å²) in [5.74, 6) is -4.70. The predicted octanol–water partition coefficient (Wildman–Crippen LogP) is 0.734. The van der Waals surface area contributed by atoms with Gasteiger partial charge in [0.25, 0.3) is 10.0 Å². The minimum atomic E-state index is -4.75. The second-order valence-electron chi connectivity index (χ2n) is 2.62. The molecule has 16 heavy (non-hydrogen) atoms. The summed E-state index contributed by atoms with van der Waals surface area (Å²) >= 11 is 0.738. The zero-order chi connectivity index (χ0) is 12.3. The third-order valence-corrected chi connectivity index (χ3v) is 3.23. The SMILES string of the molecule is O=C(O)Cc1csc(NS(=O)(=O)C(F)F)n1. The summed E-state index contributed by atoms with van der Waals surface area (Å²) in [7, 11) is -4.75. The van der Waals surface area contributed by atoms with Gasteiger partial charge in [-0.15, -0.1) is 11.3 Å². The Kier molecular flexibility index (Phi) is 3.75. The Morgan fingerprint density at radius 1 is 1.62 bits per heavy atom. The van der Waals surface area contributed by atoms with Crippen LogP contribution < -0.4 is 4.72 Å². The highest BCUT2D eigenvalue weighted by Crippen LogP contribution is 2.19. The average Bonchev–Trinajstić information content (AvgIpc) is 2.50. The van der Waals surface area contributed by atoms with Crippen molar-refractivity contribution in [3.05, 3.63) is 11.1 Å². The maximum Gasteiger partial charge on any atom is 0.355 e. The molecule has 0 aliphatic rings. The number of halogens is 2. The zero-order valence-electron chi connectivity index (χ0n) is 7.55. The first-order valence-electron chi connectivity index (χ1n) is 3.77. The van der Waals surface area contributed by atoms with Crippen LogP contribution >= 0.6 is 11.3 Å². The molecule has 90 valence electrons. The van der Waals surface area contributed by atoms with E-state index in [-0.39, 0.29) is 10.8 Å².